The molecule has 28 heavy (non-hydrogen) atoms. The summed E-state index contributed by atoms with van der Waals surface area (Å²) in [4.78, 5) is 18.4. The van der Waals surface area contributed by atoms with E-state index < -0.39 is 11.6 Å². The maximum absolute atomic E-state index is 13.8. The van der Waals surface area contributed by atoms with E-state index in [1.165, 1.54) is 0 Å². The number of benzene rings is 1. The second-order valence-electron chi connectivity index (χ2n) is 6.75. The van der Waals surface area contributed by atoms with E-state index in [2.05, 4.69) is 15.2 Å². The fourth-order valence-electron chi connectivity index (χ4n) is 3.35. The highest BCUT2D eigenvalue weighted by atomic mass is 19.1. The molecule has 0 N–H and O–H groups in total. The SMILES string of the molecule is O=C(Cc1cc(F)ccc1F)N1CCC[C@H](c2nnc(-c3ccccn3)o2)C1. The number of hydrogen-bond acceptors (Lipinski definition) is 5. The lowest BCUT2D eigenvalue weighted by atomic mass is 9.97. The van der Waals surface area contributed by atoms with Gasteiger partial charge in [0.25, 0.3) is 5.89 Å². The molecule has 8 heteroatoms. The van der Waals surface area contributed by atoms with Crippen LogP contribution in [0, 0.1) is 11.6 Å². The molecule has 3 aromatic rings. The largest absolute Gasteiger partial charge is 0.419 e. The predicted molar refractivity (Wildman–Crippen MR) is 96.1 cm³/mol. The summed E-state index contributed by atoms with van der Waals surface area (Å²) in [7, 11) is 0. The Balaban J connectivity index is 1.45. The van der Waals surface area contributed by atoms with Gasteiger partial charge in [-0.05, 0) is 43.2 Å². The molecular weight excluding hydrogens is 366 g/mol. The zero-order valence-corrected chi connectivity index (χ0v) is 15.0. The third kappa shape index (κ3) is 3.90. The number of halogens is 2. The molecule has 1 saturated heterocycles. The van der Waals surface area contributed by atoms with Crippen LogP contribution in [0.1, 0.15) is 30.2 Å². The van der Waals surface area contributed by atoms with Gasteiger partial charge >= 0.3 is 0 Å². The molecule has 144 valence electrons. The van der Waals surface area contributed by atoms with Gasteiger partial charge in [-0.25, -0.2) is 8.78 Å². The first-order valence-corrected chi connectivity index (χ1v) is 9.06. The average molecular weight is 384 g/mol. The first-order chi connectivity index (χ1) is 13.6. The molecule has 3 heterocycles. The molecule has 1 amide bonds. The monoisotopic (exact) mass is 384 g/mol. The summed E-state index contributed by atoms with van der Waals surface area (Å²) in [6.45, 7) is 0.965. The fraction of sp³-hybridized carbons (Fsp3) is 0.300. The van der Waals surface area contributed by atoms with Crippen LogP contribution in [0.5, 0.6) is 0 Å². The summed E-state index contributed by atoms with van der Waals surface area (Å²) >= 11 is 0. The summed E-state index contributed by atoms with van der Waals surface area (Å²) < 4.78 is 32.9. The number of likely N-dealkylation sites (tertiary alicyclic amines) is 1. The molecule has 0 unspecified atom stereocenters. The van der Waals surface area contributed by atoms with E-state index in [4.69, 9.17) is 4.42 Å². The van der Waals surface area contributed by atoms with Crippen molar-refractivity contribution in [3.05, 3.63) is 65.7 Å². The first-order valence-electron chi connectivity index (χ1n) is 9.06. The van der Waals surface area contributed by atoms with E-state index in [0.717, 1.165) is 31.0 Å². The molecule has 2 aromatic heterocycles. The Labute approximate surface area is 160 Å². The van der Waals surface area contributed by atoms with Gasteiger partial charge in [0.15, 0.2) is 0 Å². The van der Waals surface area contributed by atoms with Crippen LogP contribution in [-0.4, -0.2) is 39.1 Å². The number of amides is 1. The van der Waals surface area contributed by atoms with Crippen LogP contribution in [0.3, 0.4) is 0 Å². The Morgan fingerprint density at radius 2 is 2.11 bits per heavy atom. The van der Waals surface area contributed by atoms with Gasteiger partial charge in [0.05, 0.1) is 12.3 Å². The topological polar surface area (TPSA) is 72.1 Å². The first kappa shape index (κ1) is 18.2. The van der Waals surface area contributed by atoms with E-state index in [9.17, 15) is 13.6 Å². The molecular formula is C20H18F2N4O2. The van der Waals surface area contributed by atoms with Gasteiger partial charge in [0.1, 0.15) is 17.3 Å². The molecule has 1 aliphatic heterocycles. The Morgan fingerprint density at radius 1 is 1.21 bits per heavy atom. The second-order valence-corrected chi connectivity index (χ2v) is 6.75. The van der Waals surface area contributed by atoms with Crippen LogP contribution in [0.25, 0.3) is 11.6 Å². The Hall–Kier alpha value is -3.16. The smallest absolute Gasteiger partial charge is 0.266 e. The van der Waals surface area contributed by atoms with Gasteiger partial charge in [-0.15, -0.1) is 10.2 Å². The molecule has 4 rings (SSSR count). The normalized spacial score (nSPS) is 16.9. The predicted octanol–water partition coefficient (Wildman–Crippen LogP) is 3.36. The third-order valence-electron chi connectivity index (χ3n) is 4.80. The van der Waals surface area contributed by atoms with Gasteiger partial charge in [0, 0.05) is 24.8 Å². The zero-order valence-electron chi connectivity index (χ0n) is 15.0. The lowest BCUT2D eigenvalue weighted by molar-refractivity contribution is -0.131. The highest BCUT2D eigenvalue weighted by Crippen LogP contribution is 2.28. The molecule has 0 saturated carbocycles. The van der Waals surface area contributed by atoms with Gasteiger partial charge in [-0.2, -0.15) is 0 Å². The van der Waals surface area contributed by atoms with Crippen molar-refractivity contribution < 1.29 is 18.0 Å². The highest BCUT2D eigenvalue weighted by Gasteiger charge is 2.29. The summed E-state index contributed by atoms with van der Waals surface area (Å²) in [5.41, 5.74) is 0.647. The van der Waals surface area contributed by atoms with E-state index in [-0.39, 0.29) is 23.8 Å². The zero-order chi connectivity index (χ0) is 19.5. The van der Waals surface area contributed by atoms with E-state index in [0.29, 0.717) is 30.6 Å². The summed E-state index contributed by atoms with van der Waals surface area (Å²) in [5, 5.41) is 8.16. The molecule has 0 bridgehead atoms. The van der Waals surface area contributed by atoms with Gasteiger partial charge in [-0.1, -0.05) is 6.07 Å². The summed E-state index contributed by atoms with van der Waals surface area (Å²) in [6, 6.07) is 8.54. The van der Waals surface area contributed by atoms with Crippen molar-refractivity contribution in [2.24, 2.45) is 0 Å². The van der Waals surface area contributed by atoms with Crippen molar-refractivity contribution in [3.8, 4) is 11.6 Å². The average Bonchev–Trinajstić information content (AvgIpc) is 3.22. The number of piperidine rings is 1. The molecule has 0 radical (unpaired) electrons. The van der Waals surface area contributed by atoms with Crippen molar-refractivity contribution in [1.29, 1.82) is 0 Å². The molecule has 0 spiro atoms. The van der Waals surface area contributed by atoms with E-state index in [1.54, 1.807) is 23.2 Å². The number of nitrogens with zero attached hydrogens (tertiary/aromatic N) is 4. The van der Waals surface area contributed by atoms with Crippen LogP contribution in [0.4, 0.5) is 8.78 Å². The van der Waals surface area contributed by atoms with Crippen molar-refractivity contribution >= 4 is 5.91 Å². The molecule has 1 aromatic carbocycles. The van der Waals surface area contributed by atoms with E-state index >= 15 is 0 Å². The number of carbonyl (C=O) groups is 1. The molecule has 1 fully saturated rings. The van der Waals surface area contributed by atoms with Gasteiger partial charge in [-0.3, -0.25) is 9.78 Å². The van der Waals surface area contributed by atoms with Crippen molar-refractivity contribution in [2.75, 3.05) is 13.1 Å². The summed E-state index contributed by atoms with van der Waals surface area (Å²) in [5.74, 6) is -0.705. The minimum atomic E-state index is -0.583. The van der Waals surface area contributed by atoms with Crippen LogP contribution in [0.15, 0.2) is 47.0 Å². The Kier molecular flexibility index (Phi) is 5.10. The lowest BCUT2D eigenvalue weighted by Crippen LogP contribution is -2.40. The number of hydrogen-bond donors (Lipinski definition) is 0. The van der Waals surface area contributed by atoms with Crippen LogP contribution >= 0.6 is 0 Å². The maximum Gasteiger partial charge on any atom is 0.266 e. The van der Waals surface area contributed by atoms with Crippen molar-refractivity contribution in [3.63, 3.8) is 0 Å². The summed E-state index contributed by atoms with van der Waals surface area (Å²) in [6.07, 6.45) is 3.04. The fourth-order valence-corrected chi connectivity index (χ4v) is 3.35. The molecule has 1 aliphatic rings. The number of rotatable bonds is 4. The Bertz CT molecular complexity index is 977. The second kappa shape index (κ2) is 7.84. The quantitative estimate of drug-likeness (QED) is 0.690. The lowest BCUT2D eigenvalue weighted by Gasteiger charge is -2.31. The number of aromatic nitrogens is 3. The van der Waals surface area contributed by atoms with Crippen molar-refractivity contribution in [1.82, 2.24) is 20.1 Å². The standard InChI is InChI=1S/C20H18F2N4O2/c21-15-6-7-16(22)14(10-15)11-18(27)26-9-3-4-13(12-26)19-24-25-20(28-19)17-5-1-2-8-23-17/h1-2,5-8,10,13H,3-4,9,11-12H2/t13-/m0/s1. The molecule has 1 atom stereocenters. The van der Waals surface area contributed by atoms with E-state index in [1.807, 2.05) is 6.07 Å². The van der Waals surface area contributed by atoms with Gasteiger partial charge in [0.2, 0.25) is 11.8 Å². The van der Waals surface area contributed by atoms with Crippen LogP contribution in [-0.2, 0) is 11.2 Å². The van der Waals surface area contributed by atoms with Gasteiger partial charge < -0.3 is 9.32 Å². The Morgan fingerprint density at radius 3 is 2.93 bits per heavy atom. The van der Waals surface area contributed by atoms with Crippen molar-refractivity contribution in [2.45, 2.75) is 25.2 Å². The van der Waals surface area contributed by atoms with Crippen LogP contribution < -0.4 is 0 Å². The molecule has 0 aliphatic carbocycles. The number of pyridine rings is 1. The maximum atomic E-state index is 13.8. The minimum Gasteiger partial charge on any atom is -0.419 e. The minimum absolute atomic E-state index is 0.0577. The van der Waals surface area contributed by atoms with Crippen LogP contribution in [0.2, 0.25) is 0 Å². The number of carbonyl (C=O) groups excluding carboxylic acids is 1. The highest BCUT2D eigenvalue weighted by molar-refractivity contribution is 5.79. The molecule has 6 nitrogen and oxygen atoms in total. The third-order valence-corrected chi connectivity index (χ3v) is 4.80.